The quantitative estimate of drug-likeness (QED) is 0.318. The van der Waals surface area contributed by atoms with Crippen molar-refractivity contribution in [3.05, 3.63) is 45.4 Å². The molecule has 242 valence electrons. The number of sulfonamides is 2. The van der Waals surface area contributed by atoms with Gasteiger partial charge < -0.3 is 19.9 Å². The lowest BCUT2D eigenvalue weighted by molar-refractivity contribution is 0.0547. The van der Waals surface area contributed by atoms with E-state index in [9.17, 15) is 26.4 Å². The smallest absolute Gasteiger partial charge is 0.421 e. The number of thiazole rings is 1. The van der Waals surface area contributed by atoms with Crippen molar-refractivity contribution in [2.45, 2.75) is 69.8 Å². The monoisotopic (exact) mass is 676 g/mol. The standard InChI is InChI=1S/C29H36N6O7S3/c1-6-19-7-8-22-20(14-19)15-25(31-22)45(40,41)34-10-11-35(27(36)26-32-23-13-18(2)30-16-24(23)43-26)21(17-34)9-12-44(38,39)33-28(37)42-29(3,4)5/h1,7-8,14-15,18,21,30-31H,9-13,16-17H2,2-5H3,(H,33,37). The number of fused-ring (bicyclic) bond motifs is 2. The number of aromatic nitrogens is 2. The van der Waals surface area contributed by atoms with E-state index < -0.39 is 49.4 Å². The number of nitrogens with zero attached hydrogens (tertiary/aromatic N) is 3. The molecule has 1 fully saturated rings. The van der Waals surface area contributed by atoms with E-state index >= 15 is 0 Å². The fraction of sp³-hybridized carbons (Fsp3) is 0.483. The number of benzene rings is 1. The molecule has 0 saturated carbocycles. The fourth-order valence-corrected chi connectivity index (χ4v) is 8.79. The Balaban J connectivity index is 1.39. The van der Waals surface area contributed by atoms with E-state index in [1.807, 2.05) is 11.6 Å². The second-order valence-corrected chi connectivity index (χ2v) is 17.0. The summed E-state index contributed by atoms with van der Waals surface area (Å²) in [5.74, 6) is 1.59. The molecule has 2 atom stereocenters. The Labute approximate surface area is 266 Å². The Morgan fingerprint density at radius 2 is 1.96 bits per heavy atom. The zero-order valence-corrected chi connectivity index (χ0v) is 27.9. The highest BCUT2D eigenvalue weighted by molar-refractivity contribution is 7.90. The van der Waals surface area contributed by atoms with Crippen LogP contribution in [0.15, 0.2) is 29.3 Å². The van der Waals surface area contributed by atoms with E-state index in [-0.39, 0.29) is 42.1 Å². The van der Waals surface area contributed by atoms with Crippen LogP contribution in [0, 0.1) is 12.3 Å². The molecule has 5 rings (SSSR count). The third-order valence-electron chi connectivity index (χ3n) is 7.52. The number of ether oxygens (including phenoxy) is 1. The van der Waals surface area contributed by atoms with Gasteiger partial charge in [-0.15, -0.1) is 17.8 Å². The van der Waals surface area contributed by atoms with E-state index in [2.05, 4.69) is 21.2 Å². The van der Waals surface area contributed by atoms with Crippen molar-refractivity contribution < 1.29 is 31.2 Å². The highest BCUT2D eigenvalue weighted by atomic mass is 32.2. The SMILES string of the molecule is C#Cc1ccc2[nH]c(S(=O)(=O)N3CCN(C(=O)c4nc5c(s4)CNC(C)C5)C(CCS(=O)(=O)NC(=O)OC(C)(C)C)C3)cc2c1. The van der Waals surface area contributed by atoms with Crippen LogP contribution < -0.4 is 10.0 Å². The van der Waals surface area contributed by atoms with Crippen LogP contribution in [-0.4, -0.2) is 91.1 Å². The molecule has 4 heterocycles. The molecule has 2 aliphatic rings. The first-order valence-corrected chi connectivity index (χ1v) is 18.3. The number of aromatic amines is 1. The van der Waals surface area contributed by atoms with Crippen molar-refractivity contribution in [1.82, 2.24) is 29.2 Å². The molecule has 0 bridgehead atoms. The second kappa shape index (κ2) is 12.4. The molecule has 2 aromatic heterocycles. The Kier molecular flexibility index (Phi) is 9.04. The summed E-state index contributed by atoms with van der Waals surface area (Å²) in [5, 5.41) is 4.20. The van der Waals surface area contributed by atoms with Gasteiger partial charge in [0.1, 0.15) is 10.6 Å². The Morgan fingerprint density at radius 1 is 1.20 bits per heavy atom. The maximum atomic E-state index is 13.8. The maximum absolute atomic E-state index is 13.8. The van der Waals surface area contributed by atoms with Gasteiger partial charge in [-0.25, -0.2) is 31.3 Å². The number of terminal acetylenes is 1. The minimum Gasteiger partial charge on any atom is -0.443 e. The van der Waals surface area contributed by atoms with E-state index in [1.54, 1.807) is 39.0 Å². The van der Waals surface area contributed by atoms with Crippen molar-refractivity contribution in [2.75, 3.05) is 25.4 Å². The molecule has 0 aliphatic carbocycles. The van der Waals surface area contributed by atoms with Crippen LogP contribution >= 0.6 is 11.3 Å². The van der Waals surface area contributed by atoms with Gasteiger partial charge in [-0.3, -0.25) is 4.79 Å². The van der Waals surface area contributed by atoms with Crippen molar-refractivity contribution in [1.29, 1.82) is 0 Å². The molecule has 16 heteroatoms. The normalized spacial score (nSPS) is 19.6. The van der Waals surface area contributed by atoms with Crippen molar-refractivity contribution in [3.8, 4) is 12.3 Å². The maximum Gasteiger partial charge on any atom is 0.421 e. The molecule has 2 aliphatic heterocycles. The van der Waals surface area contributed by atoms with Gasteiger partial charge in [0.25, 0.3) is 15.9 Å². The number of hydrogen-bond donors (Lipinski definition) is 3. The van der Waals surface area contributed by atoms with Gasteiger partial charge in [-0.2, -0.15) is 4.31 Å². The zero-order chi connectivity index (χ0) is 32.7. The molecule has 13 nitrogen and oxygen atoms in total. The third kappa shape index (κ3) is 7.50. The largest absolute Gasteiger partial charge is 0.443 e. The van der Waals surface area contributed by atoms with Crippen LogP contribution in [0.3, 0.4) is 0 Å². The average molecular weight is 677 g/mol. The fourth-order valence-electron chi connectivity index (χ4n) is 5.33. The molecule has 2 unspecified atom stereocenters. The van der Waals surface area contributed by atoms with Crippen LogP contribution in [0.1, 0.15) is 60.1 Å². The second-order valence-electron chi connectivity index (χ2n) is 12.2. The van der Waals surface area contributed by atoms with Gasteiger partial charge >= 0.3 is 6.09 Å². The lowest BCUT2D eigenvalue weighted by Crippen LogP contribution is -2.57. The first kappa shape index (κ1) is 32.9. The molecule has 45 heavy (non-hydrogen) atoms. The number of rotatable bonds is 7. The van der Waals surface area contributed by atoms with Gasteiger partial charge in [-0.1, -0.05) is 5.92 Å². The molecule has 0 radical (unpaired) electrons. The van der Waals surface area contributed by atoms with Gasteiger partial charge in [0.15, 0.2) is 5.01 Å². The number of carbonyl (C=O) groups excluding carboxylic acids is 2. The molecule has 3 aromatic rings. The highest BCUT2D eigenvalue weighted by Crippen LogP contribution is 2.29. The van der Waals surface area contributed by atoms with Crippen LogP contribution in [0.4, 0.5) is 4.79 Å². The summed E-state index contributed by atoms with van der Waals surface area (Å²) >= 11 is 1.28. The topological polar surface area (TPSA) is 171 Å². The number of nitrogens with one attached hydrogen (secondary N) is 3. The van der Waals surface area contributed by atoms with Crippen molar-refractivity contribution in [3.63, 3.8) is 0 Å². The number of piperazine rings is 1. The molecule has 2 amide bonds. The van der Waals surface area contributed by atoms with Crippen LogP contribution in [0.25, 0.3) is 10.9 Å². The van der Waals surface area contributed by atoms with E-state index in [4.69, 9.17) is 11.2 Å². The van der Waals surface area contributed by atoms with Crippen LogP contribution in [0.2, 0.25) is 0 Å². The van der Waals surface area contributed by atoms with Gasteiger partial charge in [0.2, 0.25) is 10.0 Å². The summed E-state index contributed by atoms with van der Waals surface area (Å²) in [5.41, 5.74) is 1.14. The predicted molar refractivity (Wildman–Crippen MR) is 170 cm³/mol. The minimum atomic E-state index is -4.18. The van der Waals surface area contributed by atoms with Crippen molar-refractivity contribution in [2.24, 2.45) is 0 Å². The predicted octanol–water partition coefficient (Wildman–Crippen LogP) is 2.40. The lowest BCUT2D eigenvalue weighted by atomic mass is 10.1. The highest BCUT2D eigenvalue weighted by Gasteiger charge is 2.39. The number of H-pyrrole nitrogens is 1. The summed E-state index contributed by atoms with van der Waals surface area (Å²) in [4.78, 5) is 35.9. The number of carbonyl (C=O) groups is 2. The number of hydrogen-bond acceptors (Lipinski definition) is 10. The first-order valence-electron chi connectivity index (χ1n) is 14.4. The van der Waals surface area contributed by atoms with E-state index in [1.165, 1.54) is 26.6 Å². The lowest BCUT2D eigenvalue weighted by Gasteiger charge is -2.40. The Bertz CT molecular complexity index is 1890. The number of amides is 2. The van der Waals surface area contributed by atoms with Gasteiger partial charge in [0, 0.05) is 66.0 Å². The first-order chi connectivity index (χ1) is 21.0. The molecule has 1 saturated heterocycles. The zero-order valence-electron chi connectivity index (χ0n) is 25.4. The summed E-state index contributed by atoms with van der Waals surface area (Å²) in [6.45, 7) is 7.29. The summed E-state index contributed by atoms with van der Waals surface area (Å²) in [7, 11) is -8.24. The Hall–Kier alpha value is -3.49. The molecule has 0 spiro atoms. The van der Waals surface area contributed by atoms with Crippen LogP contribution in [-0.2, 0) is 37.7 Å². The van der Waals surface area contributed by atoms with E-state index in [0.29, 0.717) is 29.4 Å². The molecular formula is C29H36N6O7S3. The molecule has 1 aromatic carbocycles. The van der Waals surface area contributed by atoms with Gasteiger partial charge in [-0.05, 0) is 58.4 Å². The Morgan fingerprint density at radius 3 is 2.67 bits per heavy atom. The van der Waals surface area contributed by atoms with Crippen molar-refractivity contribution >= 4 is 54.3 Å². The minimum absolute atomic E-state index is 0.0118. The van der Waals surface area contributed by atoms with Crippen LogP contribution in [0.5, 0.6) is 0 Å². The summed E-state index contributed by atoms with van der Waals surface area (Å²) < 4.78 is 61.5. The summed E-state index contributed by atoms with van der Waals surface area (Å²) in [6, 6.07) is 6.00. The van der Waals surface area contributed by atoms with E-state index in [0.717, 1.165) is 10.6 Å². The van der Waals surface area contributed by atoms with Gasteiger partial charge in [0.05, 0.1) is 11.4 Å². The average Bonchev–Trinajstić information content (AvgIpc) is 3.58. The summed E-state index contributed by atoms with van der Waals surface area (Å²) in [6.07, 6.45) is 4.91. The third-order valence-corrected chi connectivity index (χ3v) is 11.6. The molecule has 3 N–H and O–H groups in total. The molecular weight excluding hydrogens is 641 g/mol.